The third-order valence-corrected chi connectivity index (χ3v) is 3.23. The van der Waals surface area contributed by atoms with Crippen LogP contribution in [0.2, 0.25) is 0 Å². The molecule has 0 spiro atoms. The molecule has 0 unspecified atom stereocenters. The number of halogens is 3. The van der Waals surface area contributed by atoms with Crippen LogP contribution in [0.1, 0.15) is 24.6 Å². The molecule has 0 amide bonds. The van der Waals surface area contributed by atoms with E-state index in [9.17, 15) is 18.0 Å². The fourth-order valence-corrected chi connectivity index (χ4v) is 2.30. The van der Waals surface area contributed by atoms with Crippen molar-refractivity contribution in [2.75, 3.05) is 0 Å². The van der Waals surface area contributed by atoms with Crippen molar-refractivity contribution in [2.24, 2.45) is 0 Å². The van der Waals surface area contributed by atoms with Gasteiger partial charge in [0.25, 0.3) is 0 Å². The Morgan fingerprint density at radius 3 is 2.55 bits per heavy atom. The molecule has 0 bridgehead atoms. The first-order chi connectivity index (χ1) is 9.32. The molecule has 1 aromatic heterocycles. The number of carboxylic acids is 1. The second-order valence-electron chi connectivity index (χ2n) is 4.55. The Morgan fingerprint density at radius 2 is 2.00 bits per heavy atom. The predicted octanol–water partition coefficient (Wildman–Crippen LogP) is 3.70. The van der Waals surface area contributed by atoms with Gasteiger partial charge in [-0.3, -0.25) is 4.79 Å². The molecule has 0 saturated carbocycles. The maximum Gasteiger partial charge on any atom is 0.416 e. The lowest BCUT2D eigenvalue weighted by atomic mass is 10.1. The van der Waals surface area contributed by atoms with E-state index in [1.54, 1.807) is 10.6 Å². The van der Waals surface area contributed by atoms with Gasteiger partial charge in [-0.15, -0.1) is 0 Å². The van der Waals surface area contributed by atoms with Gasteiger partial charge in [-0.05, 0) is 36.9 Å². The van der Waals surface area contributed by atoms with E-state index in [1.165, 1.54) is 6.07 Å². The second kappa shape index (κ2) is 5.19. The van der Waals surface area contributed by atoms with Gasteiger partial charge >= 0.3 is 12.1 Å². The number of rotatable bonds is 4. The van der Waals surface area contributed by atoms with Crippen LogP contribution in [0.25, 0.3) is 10.9 Å². The Morgan fingerprint density at radius 1 is 1.30 bits per heavy atom. The average molecular weight is 285 g/mol. The van der Waals surface area contributed by atoms with E-state index in [2.05, 4.69) is 0 Å². The highest BCUT2D eigenvalue weighted by Gasteiger charge is 2.30. The molecule has 2 rings (SSSR count). The van der Waals surface area contributed by atoms with Crippen LogP contribution in [0.15, 0.2) is 24.3 Å². The molecule has 0 radical (unpaired) electrons. The van der Waals surface area contributed by atoms with Crippen molar-refractivity contribution in [3.05, 3.63) is 35.5 Å². The molecule has 0 aliphatic rings. The van der Waals surface area contributed by atoms with Gasteiger partial charge in [0.1, 0.15) is 0 Å². The molecule has 0 fully saturated rings. The molecular weight excluding hydrogens is 271 g/mol. The number of aryl methyl sites for hydroxylation is 2. The lowest BCUT2D eigenvalue weighted by Crippen LogP contribution is -2.06. The Balaban J connectivity index is 2.49. The van der Waals surface area contributed by atoms with Crippen molar-refractivity contribution >= 4 is 16.9 Å². The van der Waals surface area contributed by atoms with Crippen molar-refractivity contribution in [1.82, 2.24) is 4.57 Å². The highest BCUT2D eigenvalue weighted by atomic mass is 19.4. The minimum Gasteiger partial charge on any atom is -0.481 e. The first-order valence-electron chi connectivity index (χ1n) is 6.24. The van der Waals surface area contributed by atoms with Crippen molar-refractivity contribution in [3.8, 4) is 0 Å². The fourth-order valence-electron chi connectivity index (χ4n) is 2.30. The summed E-state index contributed by atoms with van der Waals surface area (Å²) in [5.41, 5.74) is 0.537. The summed E-state index contributed by atoms with van der Waals surface area (Å²) in [7, 11) is 0. The summed E-state index contributed by atoms with van der Waals surface area (Å²) in [4.78, 5) is 10.6. The SMILES string of the molecule is CCn1c(CCC(=O)O)cc2ccc(C(F)(F)F)cc21. The minimum atomic E-state index is -4.38. The van der Waals surface area contributed by atoms with E-state index < -0.39 is 17.7 Å². The largest absolute Gasteiger partial charge is 0.481 e. The Hall–Kier alpha value is -1.98. The first kappa shape index (κ1) is 14.4. The number of fused-ring (bicyclic) bond motifs is 1. The van der Waals surface area contributed by atoms with E-state index in [-0.39, 0.29) is 6.42 Å². The van der Waals surface area contributed by atoms with Crippen molar-refractivity contribution in [2.45, 2.75) is 32.5 Å². The first-order valence-corrected chi connectivity index (χ1v) is 6.24. The molecule has 0 atom stereocenters. The fraction of sp³-hybridized carbons (Fsp3) is 0.357. The van der Waals surface area contributed by atoms with Crippen molar-refractivity contribution < 1.29 is 23.1 Å². The van der Waals surface area contributed by atoms with Crippen LogP contribution in [0.3, 0.4) is 0 Å². The molecule has 1 aromatic carbocycles. The number of hydrogen-bond donors (Lipinski definition) is 1. The topological polar surface area (TPSA) is 42.2 Å². The molecule has 0 saturated heterocycles. The highest BCUT2D eigenvalue weighted by molar-refractivity contribution is 5.82. The van der Waals surface area contributed by atoms with Gasteiger partial charge in [-0.2, -0.15) is 13.2 Å². The molecule has 1 N–H and O–H groups in total. The van der Waals surface area contributed by atoms with Crippen LogP contribution in [0, 0.1) is 0 Å². The summed E-state index contributed by atoms with van der Waals surface area (Å²) in [5.74, 6) is -0.922. The van der Waals surface area contributed by atoms with Crippen LogP contribution in [-0.2, 0) is 23.9 Å². The summed E-state index contributed by atoms with van der Waals surface area (Å²) >= 11 is 0. The van der Waals surface area contributed by atoms with E-state index in [1.807, 2.05) is 6.92 Å². The zero-order valence-corrected chi connectivity index (χ0v) is 10.9. The number of hydrogen-bond acceptors (Lipinski definition) is 1. The Labute approximate surface area is 113 Å². The van der Waals surface area contributed by atoms with Gasteiger partial charge in [-0.1, -0.05) is 6.07 Å². The summed E-state index contributed by atoms with van der Waals surface area (Å²) < 4.78 is 39.9. The van der Waals surface area contributed by atoms with Crippen LogP contribution in [0.5, 0.6) is 0 Å². The molecule has 0 aliphatic carbocycles. The Bertz CT molecular complexity index is 644. The number of aromatic nitrogens is 1. The normalized spacial score (nSPS) is 12.0. The smallest absolute Gasteiger partial charge is 0.416 e. The lowest BCUT2D eigenvalue weighted by molar-refractivity contribution is -0.138. The summed E-state index contributed by atoms with van der Waals surface area (Å²) in [6, 6.07) is 5.34. The van der Waals surface area contributed by atoms with Crippen LogP contribution >= 0.6 is 0 Å². The van der Waals surface area contributed by atoms with E-state index in [4.69, 9.17) is 5.11 Å². The van der Waals surface area contributed by atoms with E-state index in [0.717, 1.165) is 17.8 Å². The molecular formula is C14H14F3NO2. The van der Waals surface area contributed by atoms with Crippen molar-refractivity contribution in [1.29, 1.82) is 0 Å². The summed E-state index contributed by atoms with van der Waals surface area (Å²) in [5, 5.41) is 9.40. The quantitative estimate of drug-likeness (QED) is 0.930. The van der Waals surface area contributed by atoms with Crippen LogP contribution in [-0.4, -0.2) is 15.6 Å². The molecule has 3 nitrogen and oxygen atoms in total. The number of carbonyl (C=O) groups is 1. The van der Waals surface area contributed by atoms with Gasteiger partial charge in [0.05, 0.1) is 12.0 Å². The Kier molecular flexibility index (Phi) is 3.74. The average Bonchev–Trinajstić information content (AvgIpc) is 2.71. The number of benzene rings is 1. The third-order valence-electron chi connectivity index (χ3n) is 3.23. The molecule has 2 aromatic rings. The standard InChI is InChI=1S/C14H14F3NO2/c1-2-18-11(5-6-13(19)20)7-9-3-4-10(8-12(9)18)14(15,16)17/h3-4,7-8H,2,5-6H2,1H3,(H,19,20). The highest BCUT2D eigenvalue weighted by Crippen LogP contribution is 2.32. The van der Waals surface area contributed by atoms with E-state index in [0.29, 0.717) is 23.9 Å². The predicted molar refractivity (Wildman–Crippen MR) is 68.6 cm³/mol. The monoisotopic (exact) mass is 285 g/mol. The number of carboxylic acid groups (broad SMARTS) is 1. The maximum absolute atomic E-state index is 12.7. The van der Waals surface area contributed by atoms with Crippen LogP contribution < -0.4 is 0 Å². The zero-order valence-electron chi connectivity index (χ0n) is 10.9. The summed E-state index contributed by atoms with van der Waals surface area (Å²) in [6.45, 7) is 2.32. The molecule has 20 heavy (non-hydrogen) atoms. The minimum absolute atomic E-state index is 0.0392. The lowest BCUT2D eigenvalue weighted by Gasteiger charge is -2.09. The number of aliphatic carboxylic acids is 1. The second-order valence-corrected chi connectivity index (χ2v) is 4.55. The third kappa shape index (κ3) is 2.79. The van der Waals surface area contributed by atoms with Gasteiger partial charge in [-0.25, -0.2) is 0 Å². The van der Waals surface area contributed by atoms with Crippen LogP contribution in [0.4, 0.5) is 13.2 Å². The molecule has 108 valence electrons. The number of nitrogens with zero attached hydrogens (tertiary/aromatic N) is 1. The van der Waals surface area contributed by atoms with Gasteiger partial charge in [0.2, 0.25) is 0 Å². The van der Waals surface area contributed by atoms with Gasteiger partial charge in [0, 0.05) is 17.8 Å². The van der Waals surface area contributed by atoms with E-state index >= 15 is 0 Å². The molecule has 1 heterocycles. The van der Waals surface area contributed by atoms with Gasteiger partial charge < -0.3 is 9.67 Å². The maximum atomic E-state index is 12.7. The van der Waals surface area contributed by atoms with Crippen molar-refractivity contribution in [3.63, 3.8) is 0 Å². The molecule has 0 aliphatic heterocycles. The molecule has 6 heteroatoms. The number of alkyl halides is 3. The summed E-state index contributed by atoms with van der Waals surface area (Å²) in [6.07, 6.45) is -4.11. The zero-order chi connectivity index (χ0) is 14.9. The van der Waals surface area contributed by atoms with Gasteiger partial charge in [0.15, 0.2) is 0 Å².